The van der Waals surface area contributed by atoms with Crippen molar-refractivity contribution in [1.82, 2.24) is 14.7 Å². The van der Waals surface area contributed by atoms with Gasteiger partial charge >= 0.3 is 0 Å². The molecule has 0 unspecified atom stereocenters. The molecule has 0 fully saturated rings. The van der Waals surface area contributed by atoms with E-state index in [1.807, 2.05) is 29.8 Å². The highest BCUT2D eigenvalue weighted by Gasteiger charge is 2.13. The summed E-state index contributed by atoms with van der Waals surface area (Å²) in [7, 11) is 1.90. The number of benzene rings is 1. The highest BCUT2D eigenvalue weighted by molar-refractivity contribution is 6.04. The second kappa shape index (κ2) is 2.58. The average Bonchev–Trinajstić information content (AvgIpc) is 2.81. The lowest BCUT2D eigenvalue weighted by atomic mass is 10.2. The van der Waals surface area contributed by atoms with Crippen LogP contribution in [0.2, 0.25) is 0 Å². The highest BCUT2D eigenvalue weighted by Crippen LogP contribution is 2.25. The number of nitrogens with zero attached hydrogens (tertiary/aromatic N) is 4. The molecule has 0 aliphatic rings. The van der Waals surface area contributed by atoms with Gasteiger partial charge in [-0.2, -0.15) is 5.26 Å². The molecule has 0 amide bonds. The first-order chi connectivity index (χ1) is 7.31. The zero-order chi connectivity index (χ0) is 10.4. The number of aryl methyl sites for hydroxylation is 1. The highest BCUT2D eigenvalue weighted by atomic mass is 16.5. The summed E-state index contributed by atoms with van der Waals surface area (Å²) >= 11 is 0. The summed E-state index contributed by atoms with van der Waals surface area (Å²) in [6.07, 6.45) is 1.71. The minimum atomic E-state index is 0.217. The molecular weight excluding hydrogens is 192 g/mol. The van der Waals surface area contributed by atoms with Crippen molar-refractivity contribution in [1.29, 1.82) is 5.26 Å². The summed E-state index contributed by atoms with van der Waals surface area (Å²) in [6.45, 7) is 0. The number of aromatic nitrogens is 3. The van der Waals surface area contributed by atoms with Gasteiger partial charge in [0.2, 0.25) is 5.76 Å². The van der Waals surface area contributed by atoms with E-state index in [1.54, 1.807) is 6.33 Å². The summed E-state index contributed by atoms with van der Waals surface area (Å²) in [5.41, 5.74) is 2.38. The Morgan fingerprint density at radius 3 is 3.13 bits per heavy atom. The van der Waals surface area contributed by atoms with Crippen molar-refractivity contribution in [3.63, 3.8) is 0 Å². The molecule has 0 N–H and O–H groups in total. The van der Waals surface area contributed by atoms with Crippen LogP contribution in [0, 0.1) is 11.3 Å². The Morgan fingerprint density at radius 1 is 1.47 bits per heavy atom. The van der Waals surface area contributed by atoms with Gasteiger partial charge in [0.25, 0.3) is 0 Å². The standard InChI is InChI=1S/C10H6N4O/c1-14-5-12-10-7(14)3-2-6-9(10)8(4-11)15-13-6/h2-3,5H,1H3. The van der Waals surface area contributed by atoms with Crippen LogP contribution in [0.4, 0.5) is 0 Å². The Morgan fingerprint density at radius 2 is 2.33 bits per heavy atom. The zero-order valence-corrected chi connectivity index (χ0v) is 7.93. The first kappa shape index (κ1) is 8.00. The third-order valence-corrected chi connectivity index (χ3v) is 2.44. The van der Waals surface area contributed by atoms with E-state index in [0.717, 1.165) is 11.0 Å². The van der Waals surface area contributed by atoms with Gasteiger partial charge in [-0.05, 0) is 12.1 Å². The second-order valence-electron chi connectivity index (χ2n) is 3.31. The lowest BCUT2D eigenvalue weighted by Crippen LogP contribution is -1.83. The minimum absolute atomic E-state index is 0.217. The van der Waals surface area contributed by atoms with Gasteiger partial charge in [-0.25, -0.2) is 4.98 Å². The van der Waals surface area contributed by atoms with Crippen LogP contribution in [0.1, 0.15) is 5.76 Å². The first-order valence-electron chi connectivity index (χ1n) is 4.41. The molecule has 0 aliphatic heterocycles. The van der Waals surface area contributed by atoms with Crippen LogP contribution in [-0.4, -0.2) is 14.7 Å². The van der Waals surface area contributed by atoms with Crippen molar-refractivity contribution in [3.05, 3.63) is 24.2 Å². The third kappa shape index (κ3) is 0.904. The maximum absolute atomic E-state index is 8.87. The normalized spacial score (nSPS) is 10.9. The predicted molar refractivity (Wildman–Crippen MR) is 53.0 cm³/mol. The molecule has 2 aromatic heterocycles. The minimum Gasteiger partial charge on any atom is -0.344 e. The lowest BCUT2D eigenvalue weighted by molar-refractivity contribution is 0.418. The topological polar surface area (TPSA) is 67.6 Å². The Bertz CT molecular complexity index is 701. The molecule has 72 valence electrons. The predicted octanol–water partition coefficient (Wildman–Crippen LogP) is 1.59. The molecule has 0 saturated heterocycles. The Hall–Kier alpha value is -2.35. The third-order valence-electron chi connectivity index (χ3n) is 2.44. The molecule has 3 aromatic rings. The summed E-state index contributed by atoms with van der Waals surface area (Å²) in [6, 6.07) is 5.71. The molecule has 5 heteroatoms. The molecule has 0 atom stereocenters. The molecule has 0 spiro atoms. The molecule has 15 heavy (non-hydrogen) atoms. The summed E-state index contributed by atoms with van der Waals surface area (Å²) in [5.74, 6) is 0.217. The monoisotopic (exact) mass is 198 g/mol. The molecule has 5 nitrogen and oxygen atoms in total. The molecule has 1 aromatic carbocycles. The van der Waals surface area contributed by atoms with E-state index in [1.165, 1.54) is 0 Å². The van der Waals surface area contributed by atoms with E-state index in [-0.39, 0.29) is 5.76 Å². The quantitative estimate of drug-likeness (QED) is 0.550. The number of hydrogen-bond donors (Lipinski definition) is 0. The Balaban J connectivity index is 2.63. The van der Waals surface area contributed by atoms with Crippen LogP contribution >= 0.6 is 0 Å². The number of hydrogen-bond acceptors (Lipinski definition) is 4. The Labute approximate surface area is 84.5 Å². The summed E-state index contributed by atoms with van der Waals surface area (Å²) in [4.78, 5) is 4.24. The molecule has 0 bridgehead atoms. The van der Waals surface area contributed by atoms with E-state index in [0.29, 0.717) is 10.9 Å². The van der Waals surface area contributed by atoms with Gasteiger partial charge in [0, 0.05) is 7.05 Å². The zero-order valence-electron chi connectivity index (χ0n) is 7.93. The van der Waals surface area contributed by atoms with Crippen molar-refractivity contribution in [2.45, 2.75) is 0 Å². The largest absolute Gasteiger partial charge is 0.344 e. The average molecular weight is 198 g/mol. The number of imidazole rings is 1. The maximum Gasteiger partial charge on any atom is 0.246 e. The van der Waals surface area contributed by atoms with Gasteiger partial charge in [-0.1, -0.05) is 5.16 Å². The summed E-state index contributed by atoms with van der Waals surface area (Å²) < 4.78 is 6.81. The van der Waals surface area contributed by atoms with Crippen molar-refractivity contribution in [2.75, 3.05) is 0 Å². The van der Waals surface area contributed by atoms with Gasteiger partial charge in [0.15, 0.2) is 0 Å². The molecule has 3 rings (SSSR count). The van der Waals surface area contributed by atoms with E-state index < -0.39 is 0 Å². The van der Waals surface area contributed by atoms with E-state index in [4.69, 9.17) is 9.78 Å². The molecule has 0 aliphatic carbocycles. The van der Waals surface area contributed by atoms with Crippen LogP contribution in [0.3, 0.4) is 0 Å². The van der Waals surface area contributed by atoms with Gasteiger partial charge in [0.05, 0.1) is 17.2 Å². The SMILES string of the molecule is Cn1cnc2c3c(C#N)onc3ccc21. The summed E-state index contributed by atoms with van der Waals surface area (Å²) in [5, 5.41) is 13.4. The van der Waals surface area contributed by atoms with Gasteiger partial charge in [-0.3, -0.25) is 0 Å². The molecule has 2 heterocycles. The fraction of sp³-hybridized carbons (Fsp3) is 0.100. The van der Waals surface area contributed by atoms with E-state index >= 15 is 0 Å². The smallest absolute Gasteiger partial charge is 0.246 e. The Kier molecular flexibility index (Phi) is 1.37. The molecular formula is C10H6N4O. The van der Waals surface area contributed by atoms with Crippen LogP contribution in [0.15, 0.2) is 23.0 Å². The van der Waals surface area contributed by atoms with Crippen LogP contribution < -0.4 is 0 Å². The van der Waals surface area contributed by atoms with Gasteiger partial charge in [0.1, 0.15) is 17.1 Å². The first-order valence-corrected chi connectivity index (χ1v) is 4.41. The van der Waals surface area contributed by atoms with Gasteiger partial charge in [-0.15, -0.1) is 0 Å². The molecule has 0 radical (unpaired) electrons. The fourth-order valence-electron chi connectivity index (χ4n) is 1.71. The maximum atomic E-state index is 8.87. The van der Waals surface area contributed by atoms with Crippen LogP contribution in [0.5, 0.6) is 0 Å². The van der Waals surface area contributed by atoms with Crippen molar-refractivity contribution in [3.8, 4) is 6.07 Å². The number of rotatable bonds is 0. The second-order valence-corrected chi connectivity index (χ2v) is 3.31. The van der Waals surface area contributed by atoms with E-state index in [2.05, 4.69) is 10.1 Å². The number of fused-ring (bicyclic) bond motifs is 3. The van der Waals surface area contributed by atoms with Crippen molar-refractivity contribution >= 4 is 21.9 Å². The fourth-order valence-corrected chi connectivity index (χ4v) is 1.71. The van der Waals surface area contributed by atoms with E-state index in [9.17, 15) is 0 Å². The van der Waals surface area contributed by atoms with Crippen LogP contribution in [0.25, 0.3) is 21.9 Å². The van der Waals surface area contributed by atoms with Crippen molar-refractivity contribution in [2.24, 2.45) is 7.05 Å². The number of nitriles is 1. The van der Waals surface area contributed by atoms with Crippen LogP contribution in [-0.2, 0) is 7.05 Å². The van der Waals surface area contributed by atoms with Gasteiger partial charge < -0.3 is 9.09 Å². The van der Waals surface area contributed by atoms with Crippen molar-refractivity contribution < 1.29 is 4.52 Å². The molecule has 0 saturated carbocycles. The lowest BCUT2D eigenvalue weighted by Gasteiger charge is -1.93.